The fourth-order valence-corrected chi connectivity index (χ4v) is 3.02. The molecule has 1 heterocycles. The fraction of sp³-hybridized carbons (Fsp3) is 0.923. The van der Waals surface area contributed by atoms with Gasteiger partial charge in [0.1, 0.15) is 0 Å². The lowest BCUT2D eigenvalue weighted by atomic mass is 9.73. The Kier molecular flexibility index (Phi) is 3.09. The van der Waals surface area contributed by atoms with Crippen LogP contribution in [-0.4, -0.2) is 26.2 Å². The first-order valence-electron chi connectivity index (χ1n) is 7.17. The van der Waals surface area contributed by atoms with Gasteiger partial charge in [0, 0.05) is 6.04 Å². The summed E-state index contributed by atoms with van der Waals surface area (Å²) >= 11 is 0. The Balaban J connectivity index is 1.75. The summed E-state index contributed by atoms with van der Waals surface area (Å²) in [5, 5.41) is 15.8. The SMILES string of the molecule is CC1(C)CCCCC1n1nnnc1CNC1CC1. The van der Waals surface area contributed by atoms with Crippen LogP contribution in [0.4, 0.5) is 0 Å². The number of hydrogen-bond acceptors (Lipinski definition) is 4. The van der Waals surface area contributed by atoms with Crippen LogP contribution in [0.25, 0.3) is 0 Å². The highest BCUT2D eigenvalue weighted by Crippen LogP contribution is 2.43. The van der Waals surface area contributed by atoms with Crippen LogP contribution in [0.2, 0.25) is 0 Å². The minimum atomic E-state index is 0.308. The molecular weight excluding hydrogens is 226 g/mol. The van der Waals surface area contributed by atoms with E-state index in [-0.39, 0.29) is 0 Å². The van der Waals surface area contributed by atoms with Crippen molar-refractivity contribution in [2.24, 2.45) is 5.41 Å². The van der Waals surface area contributed by atoms with Gasteiger partial charge < -0.3 is 5.32 Å². The molecule has 5 nitrogen and oxygen atoms in total. The van der Waals surface area contributed by atoms with E-state index in [1.54, 1.807) is 0 Å². The average Bonchev–Trinajstić information content (AvgIpc) is 3.05. The van der Waals surface area contributed by atoms with Gasteiger partial charge in [-0.15, -0.1) is 5.10 Å². The summed E-state index contributed by atoms with van der Waals surface area (Å²) in [6.45, 7) is 5.50. The highest BCUT2D eigenvalue weighted by Gasteiger charge is 2.35. The van der Waals surface area contributed by atoms with E-state index in [4.69, 9.17) is 0 Å². The topological polar surface area (TPSA) is 55.6 Å². The first-order chi connectivity index (χ1) is 8.67. The second kappa shape index (κ2) is 4.61. The van der Waals surface area contributed by atoms with Gasteiger partial charge in [-0.3, -0.25) is 0 Å². The molecule has 0 bridgehead atoms. The van der Waals surface area contributed by atoms with Gasteiger partial charge in [-0.2, -0.15) is 0 Å². The summed E-state index contributed by atoms with van der Waals surface area (Å²) in [4.78, 5) is 0. The molecule has 2 aliphatic carbocycles. The summed E-state index contributed by atoms with van der Waals surface area (Å²) < 4.78 is 2.08. The monoisotopic (exact) mass is 249 g/mol. The van der Waals surface area contributed by atoms with Crippen LogP contribution in [0.15, 0.2) is 0 Å². The van der Waals surface area contributed by atoms with Gasteiger partial charge in [0.05, 0.1) is 12.6 Å². The molecule has 3 rings (SSSR count). The molecule has 0 aliphatic heterocycles. The van der Waals surface area contributed by atoms with Gasteiger partial charge in [0.2, 0.25) is 0 Å². The zero-order valence-electron chi connectivity index (χ0n) is 11.4. The largest absolute Gasteiger partial charge is 0.307 e. The smallest absolute Gasteiger partial charge is 0.165 e. The summed E-state index contributed by atoms with van der Waals surface area (Å²) in [6.07, 6.45) is 7.71. The van der Waals surface area contributed by atoms with Crippen molar-refractivity contribution in [3.63, 3.8) is 0 Å². The highest BCUT2D eigenvalue weighted by molar-refractivity contribution is 4.93. The minimum absolute atomic E-state index is 0.308. The standard InChI is InChI=1S/C13H23N5/c1-13(2)8-4-3-5-11(13)18-12(15-16-17-18)9-14-10-6-7-10/h10-11,14H,3-9H2,1-2H3. The van der Waals surface area contributed by atoms with Gasteiger partial charge in [0.15, 0.2) is 5.82 Å². The lowest BCUT2D eigenvalue weighted by molar-refractivity contribution is 0.128. The van der Waals surface area contributed by atoms with Gasteiger partial charge in [-0.05, 0) is 41.5 Å². The number of aromatic nitrogens is 4. The van der Waals surface area contributed by atoms with Crippen molar-refractivity contribution in [1.82, 2.24) is 25.5 Å². The van der Waals surface area contributed by atoms with Crippen molar-refractivity contribution >= 4 is 0 Å². The molecule has 1 N–H and O–H groups in total. The van der Waals surface area contributed by atoms with E-state index in [0.717, 1.165) is 12.4 Å². The van der Waals surface area contributed by atoms with Crippen molar-refractivity contribution in [2.45, 2.75) is 71.0 Å². The summed E-state index contributed by atoms with van der Waals surface area (Å²) in [5.74, 6) is 1.00. The summed E-state index contributed by atoms with van der Waals surface area (Å²) in [5.41, 5.74) is 0.308. The third-order valence-electron chi connectivity index (χ3n) is 4.43. The third kappa shape index (κ3) is 2.41. The number of rotatable bonds is 4. The molecule has 0 aromatic carbocycles. The molecule has 2 saturated carbocycles. The molecule has 18 heavy (non-hydrogen) atoms. The zero-order chi connectivity index (χ0) is 12.6. The minimum Gasteiger partial charge on any atom is -0.307 e. The molecule has 2 fully saturated rings. The van der Waals surface area contributed by atoms with Crippen LogP contribution in [0.3, 0.4) is 0 Å². The average molecular weight is 249 g/mol. The van der Waals surface area contributed by atoms with Crippen LogP contribution < -0.4 is 5.32 Å². The predicted molar refractivity (Wildman–Crippen MR) is 69.0 cm³/mol. The van der Waals surface area contributed by atoms with Gasteiger partial charge in [-0.25, -0.2) is 4.68 Å². The maximum absolute atomic E-state index is 4.25. The predicted octanol–water partition coefficient (Wildman–Crippen LogP) is 2.07. The Labute approximate surface area is 108 Å². The van der Waals surface area contributed by atoms with Crippen LogP contribution in [-0.2, 0) is 6.54 Å². The molecule has 5 heteroatoms. The molecule has 100 valence electrons. The van der Waals surface area contributed by atoms with E-state index in [2.05, 4.69) is 39.4 Å². The molecule has 1 aromatic rings. The Bertz CT molecular complexity index is 407. The van der Waals surface area contributed by atoms with Crippen molar-refractivity contribution in [3.05, 3.63) is 5.82 Å². The molecule has 0 spiro atoms. The van der Waals surface area contributed by atoms with Crippen LogP contribution >= 0.6 is 0 Å². The van der Waals surface area contributed by atoms with E-state index in [1.807, 2.05) is 0 Å². The Morgan fingerprint density at radius 1 is 1.28 bits per heavy atom. The third-order valence-corrected chi connectivity index (χ3v) is 4.43. The van der Waals surface area contributed by atoms with E-state index in [1.165, 1.54) is 38.5 Å². The first-order valence-corrected chi connectivity index (χ1v) is 7.17. The number of tetrazole rings is 1. The lowest BCUT2D eigenvalue weighted by Gasteiger charge is -2.38. The highest BCUT2D eigenvalue weighted by atomic mass is 15.6. The van der Waals surface area contributed by atoms with E-state index in [9.17, 15) is 0 Å². The lowest BCUT2D eigenvalue weighted by Crippen LogP contribution is -2.33. The molecule has 0 amide bonds. The van der Waals surface area contributed by atoms with Crippen molar-refractivity contribution in [1.29, 1.82) is 0 Å². The van der Waals surface area contributed by atoms with Crippen LogP contribution in [0.1, 0.15) is 64.2 Å². The molecule has 1 unspecified atom stereocenters. The van der Waals surface area contributed by atoms with E-state index >= 15 is 0 Å². The Morgan fingerprint density at radius 3 is 2.83 bits per heavy atom. The normalized spacial score (nSPS) is 27.3. The second-order valence-corrected chi connectivity index (χ2v) is 6.45. The van der Waals surface area contributed by atoms with Gasteiger partial charge in [0.25, 0.3) is 0 Å². The maximum Gasteiger partial charge on any atom is 0.165 e. The Morgan fingerprint density at radius 2 is 2.11 bits per heavy atom. The van der Waals surface area contributed by atoms with Crippen molar-refractivity contribution < 1.29 is 0 Å². The van der Waals surface area contributed by atoms with Gasteiger partial charge >= 0.3 is 0 Å². The molecular formula is C13H23N5. The number of nitrogens with one attached hydrogen (secondary N) is 1. The molecule has 1 atom stereocenters. The molecule has 0 radical (unpaired) electrons. The Hall–Kier alpha value is -0.970. The van der Waals surface area contributed by atoms with Crippen molar-refractivity contribution in [2.75, 3.05) is 0 Å². The summed E-state index contributed by atoms with van der Waals surface area (Å²) in [7, 11) is 0. The molecule has 2 aliphatic rings. The summed E-state index contributed by atoms with van der Waals surface area (Å²) in [6, 6.07) is 1.16. The van der Waals surface area contributed by atoms with E-state index in [0.29, 0.717) is 17.5 Å². The van der Waals surface area contributed by atoms with Crippen molar-refractivity contribution in [3.8, 4) is 0 Å². The van der Waals surface area contributed by atoms with Gasteiger partial charge in [-0.1, -0.05) is 26.7 Å². The second-order valence-electron chi connectivity index (χ2n) is 6.45. The molecule has 0 saturated heterocycles. The number of hydrogen-bond donors (Lipinski definition) is 1. The molecule has 1 aromatic heterocycles. The van der Waals surface area contributed by atoms with Crippen LogP contribution in [0.5, 0.6) is 0 Å². The van der Waals surface area contributed by atoms with Crippen LogP contribution in [0, 0.1) is 5.41 Å². The quantitative estimate of drug-likeness (QED) is 0.887. The first kappa shape index (κ1) is 12.1. The maximum atomic E-state index is 4.25. The number of nitrogens with zero attached hydrogens (tertiary/aromatic N) is 4. The van der Waals surface area contributed by atoms with E-state index < -0.39 is 0 Å². The fourth-order valence-electron chi connectivity index (χ4n) is 3.02. The zero-order valence-corrected chi connectivity index (χ0v) is 11.4.